The van der Waals surface area contributed by atoms with Gasteiger partial charge in [-0.25, -0.2) is 4.79 Å². The Morgan fingerprint density at radius 1 is 1.17 bits per heavy atom. The number of nitrogens with zero attached hydrogens (tertiary/aromatic N) is 1. The van der Waals surface area contributed by atoms with Gasteiger partial charge in [-0.1, -0.05) is 18.2 Å². The SMILES string of the molecule is CCOC(=O)Nc1ccc2c(c1)C(C)[N+](C)(C)c1ccccc1-2. The van der Waals surface area contributed by atoms with E-state index in [1.807, 2.05) is 6.07 Å². The minimum absolute atomic E-state index is 0.295. The number of fused-ring (bicyclic) bond motifs is 3. The van der Waals surface area contributed by atoms with Crippen molar-refractivity contribution in [1.29, 1.82) is 0 Å². The van der Waals surface area contributed by atoms with Crippen molar-refractivity contribution in [3.8, 4) is 11.1 Å². The van der Waals surface area contributed by atoms with Crippen LogP contribution in [-0.2, 0) is 4.74 Å². The Labute approximate surface area is 137 Å². The quantitative estimate of drug-likeness (QED) is 0.825. The monoisotopic (exact) mass is 311 g/mol. The van der Waals surface area contributed by atoms with E-state index in [1.165, 1.54) is 22.4 Å². The molecule has 0 bridgehead atoms. The van der Waals surface area contributed by atoms with Crippen molar-refractivity contribution in [3.63, 3.8) is 0 Å². The first-order valence-electron chi connectivity index (χ1n) is 7.96. The van der Waals surface area contributed by atoms with Gasteiger partial charge in [-0.05, 0) is 43.7 Å². The van der Waals surface area contributed by atoms with Gasteiger partial charge in [0.15, 0.2) is 0 Å². The second kappa shape index (κ2) is 5.70. The van der Waals surface area contributed by atoms with E-state index in [-0.39, 0.29) is 0 Å². The molecule has 4 heteroatoms. The molecule has 0 saturated heterocycles. The summed E-state index contributed by atoms with van der Waals surface area (Å²) in [5.74, 6) is 0. The highest BCUT2D eigenvalue weighted by Gasteiger charge is 2.37. The van der Waals surface area contributed by atoms with Crippen LogP contribution in [0.25, 0.3) is 11.1 Å². The number of carbonyl (C=O) groups is 1. The van der Waals surface area contributed by atoms with Gasteiger partial charge in [-0.3, -0.25) is 9.80 Å². The second-order valence-corrected chi connectivity index (χ2v) is 6.38. The van der Waals surface area contributed by atoms with Crippen molar-refractivity contribution in [3.05, 3.63) is 48.0 Å². The predicted octanol–water partition coefficient (Wildman–Crippen LogP) is 4.56. The number of hydrogen-bond acceptors (Lipinski definition) is 2. The summed E-state index contributed by atoms with van der Waals surface area (Å²) in [6.45, 7) is 4.39. The third kappa shape index (κ3) is 2.59. The second-order valence-electron chi connectivity index (χ2n) is 6.38. The maximum Gasteiger partial charge on any atom is 0.411 e. The van der Waals surface area contributed by atoms with Crippen LogP contribution in [0, 0.1) is 0 Å². The Bertz CT molecular complexity index is 753. The summed E-state index contributed by atoms with van der Waals surface area (Å²) in [5, 5.41) is 2.80. The van der Waals surface area contributed by atoms with Gasteiger partial charge in [0.1, 0.15) is 11.7 Å². The van der Waals surface area contributed by atoms with Crippen molar-refractivity contribution in [2.75, 3.05) is 26.0 Å². The highest BCUT2D eigenvalue weighted by molar-refractivity contribution is 5.88. The zero-order valence-corrected chi connectivity index (χ0v) is 14.1. The van der Waals surface area contributed by atoms with Gasteiger partial charge in [-0.2, -0.15) is 0 Å². The number of nitrogens with one attached hydrogen (secondary N) is 1. The van der Waals surface area contributed by atoms with Gasteiger partial charge >= 0.3 is 6.09 Å². The Hall–Kier alpha value is -2.33. The summed E-state index contributed by atoms with van der Waals surface area (Å²) in [4.78, 5) is 11.7. The van der Waals surface area contributed by atoms with Gasteiger partial charge < -0.3 is 4.74 Å². The zero-order chi connectivity index (χ0) is 16.6. The standard InChI is InChI=1S/C19H22N2O2/c1-5-23-19(22)20-14-10-11-15-16-8-6-7-9-18(16)21(3,4)13(2)17(15)12-14/h6-13H,5H2,1-4H3/p+1. The van der Waals surface area contributed by atoms with Crippen LogP contribution in [0.5, 0.6) is 0 Å². The van der Waals surface area contributed by atoms with Crippen LogP contribution in [0.1, 0.15) is 25.5 Å². The van der Waals surface area contributed by atoms with Crippen LogP contribution in [0.2, 0.25) is 0 Å². The summed E-state index contributed by atoms with van der Waals surface area (Å²) in [7, 11) is 4.44. The van der Waals surface area contributed by atoms with E-state index < -0.39 is 6.09 Å². The first kappa shape index (κ1) is 15.6. The molecule has 4 nitrogen and oxygen atoms in total. The first-order valence-corrected chi connectivity index (χ1v) is 7.96. The van der Waals surface area contributed by atoms with Gasteiger partial charge in [0, 0.05) is 16.8 Å². The van der Waals surface area contributed by atoms with Gasteiger partial charge in [-0.15, -0.1) is 0 Å². The average molecular weight is 311 g/mol. The maximum absolute atomic E-state index is 11.7. The van der Waals surface area contributed by atoms with Crippen LogP contribution in [0.3, 0.4) is 0 Å². The number of hydrogen-bond donors (Lipinski definition) is 1. The number of para-hydroxylation sites is 1. The number of anilines is 1. The molecule has 0 radical (unpaired) electrons. The van der Waals surface area contributed by atoms with Crippen molar-refractivity contribution in [1.82, 2.24) is 4.48 Å². The molecule has 0 fully saturated rings. The fraction of sp³-hybridized carbons (Fsp3) is 0.316. The molecule has 1 aliphatic rings. The molecule has 1 heterocycles. The lowest BCUT2D eigenvalue weighted by Gasteiger charge is -2.41. The van der Waals surface area contributed by atoms with Crippen molar-refractivity contribution in [2.24, 2.45) is 0 Å². The summed E-state index contributed by atoms with van der Waals surface area (Å²) in [6.07, 6.45) is -0.412. The summed E-state index contributed by atoms with van der Waals surface area (Å²) in [5.41, 5.74) is 5.82. The molecule has 0 aromatic heterocycles. The number of benzene rings is 2. The Kier molecular flexibility index (Phi) is 3.86. The molecule has 1 N–H and O–H groups in total. The predicted molar refractivity (Wildman–Crippen MR) is 94.6 cm³/mol. The summed E-state index contributed by atoms with van der Waals surface area (Å²) < 4.78 is 5.74. The molecule has 3 rings (SSSR count). The third-order valence-electron chi connectivity index (χ3n) is 4.81. The first-order chi connectivity index (χ1) is 10.9. The topological polar surface area (TPSA) is 38.3 Å². The highest BCUT2D eigenvalue weighted by atomic mass is 16.5. The van der Waals surface area contributed by atoms with E-state index in [4.69, 9.17) is 4.74 Å². The van der Waals surface area contributed by atoms with E-state index in [2.05, 4.69) is 62.7 Å². The number of quaternary nitrogens is 1. The van der Waals surface area contributed by atoms with Crippen LogP contribution >= 0.6 is 0 Å². The molecule has 1 aliphatic heterocycles. The number of carbonyl (C=O) groups excluding carboxylic acids is 1. The molecule has 1 amide bonds. The van der Waals surface area contributed by atoms with Crippen LogP contribution < -0.4 is 9.80 Å². The molecule has 120 valence electrons. The Morgan fingerprint density at radius 2 is 1.91 bits per heavy atom. The largest absolute Gasteiger partial charge is 0.450 e. The summed E-state index contributed by atoms with van der Waals surface area (Å²) in [6, 6.07) is 14.9. The molecule has 1 unspecified atom stereocenters. The number of ether oxygens (including phenoxy) is 1. The lowest BCUT2D eigenvalue weighted by Crippen LogP contribution is -2.45. The molecular formula is C19H23N2O2+. The van der Waals surface area contributed by atoms with Crippen molar-refractivity contribution in [2.45, 2.75) is 19.9 Å². The molecule has 2 aromatic rings. The minimum atomic E-state index is -0.412. The smallest absolute Gasteiger partial charge is 0.411 e. The highest BCUT2D eigenvalue weighted by Crippen LogP contribution is 2.47. The molecular weight excluding hydrogens is 288 g/mol. The van der Waals surface area contributed by atoms with Gasteiger partial charge in [0.25, 0.3) is 0 Å². The third-order valence-corrected chi connectivity index (χ3v) is 4.81. The number of amides is 1. The van der Waals surface area contributed by atoms with Gasteiger partial charge in [0.2, 0.25) is 0 Å². The van der Waals surface area contributed by atoms with E-state index in [0.717, 1.165) is 10.2 Å². The fourth-order valence-electron chi connectivity index (χ4n) is 3.28. The van der Waals surface area contributed by atoms with E-state index in [9.17, 15) is 4.79 Å². The van der Waals surface area contributed by atoms with E-state index in [0.29, 0.717) is 12.6 Å². The molecule has 0 spiro atoms. The van der Waals surface area contributed by atoms with Gasteiger partial charge in [0.05, 0.1) is 20.7 Å². The fourth-order valence-corrected chi connectivity index (χ4v) is 3.28. The van der Waals surface area contributed by atoms with Crippen LogP contribution in [0.15, 0.2) is 42.5 Å². The molecule has 2 aromatic carbocycles. The van der Waals surface area contributed by atoms with E-state index >= 15 is 0 Å². The zero-order valence-electron chi connectivity index (χ0n) is 14.1. The Balaban J connectivity index is 2.06. The molecule has 1 atom stereocenters. The lowest BCUT2D eigenvalue weighted by molar-refractivity contribution is 0.168. The van der Waals surface area contributed by atoms with E-state index in [1.54, 1.807) is 6.92 Å². The minimum Gasteiger partial charge on any atom is -0.450 e. The summed E-state index contributed by atoms with van der Waals surface area (Å²) >= 11 is 0. The number of rotatable bonds is 2. The van der Waals surface area contributed by atoms with Crippen molar-refractivity contribution >= 4 is 17.5 Å². The molecule has 0 aliphatic carbocycles. The van der Waals surface area contributed by atoms with Crippen molar-refractivity contribution < 1.29 is 9.53 Å². The average Bonchev–Trinajstić information content (AvgIpc) is 2.53. The Morgan fingerprint density at radius 3 is 2.65 bits per heavy atom. The van der Waals surface area contributed by atoms with Crippen LogP contribution in [-0.4, -0.2) is 26.8 Å². The molecule has 0 saturated carbocycles. The normalized spacial score (nSPS) is 17.8. The maximum atomic E-state index is 11.7. The lowest BCUT2D eigenvalue weighted by atomic mass is 9.87. The van der Waals surface area contributed by atoms with Crippen LogP contribution in [0.4, 0.5) is 16.2 Å². The molecule has 23 heavy (non-hydrogen) atoms.